The van der Waals surface area contributed by atoms with Gasteiger partial charge in [-0.2, -0.15) is 0 Å². The van der Waals surface area contributed by atoms with Crippen LogP contribution in [0, 0.1) is 5.82 Å². The van der Waals surface area contributed by atoms with Gasteiger partial charge in [-0.25, -0.2) is 4.39 Å². The molecule has 0 radical (unpaired) electrons. The zero-order valence-electron chi connectivity index (χ0n) is 12.2. The Morgan fingerprint density at radius 3 is 2.76 bits per heavy atom. The number of nitrogen functional groups attached to an aromatic ring is 1. The quantitative estimate of drug-likeness (QED) is 0.814. The second kappa shape index (κ2) is 7.22. The lowest BCUT2D eigenvalue weighted by molar-refractivity contribution is 0.0925. The maximum absolute atomic E-state index is 13.3. The first kappa shape index (κ1) is 16.2. The summed E-state index contributed by atoms with van der Waals surface area (Å²) < 4.78 is 13.7. The molecule has 1 heterocycles. The van der Waals surface area contributed by atoms with Gasteiger partial charge in [-0.3, -0.25) is 4.79 Å². The maximum Gasteiger partial charge on any atom is 0.252 e. The number of carbonyl (C=O) groups is 1. The van der Waals surface area contributed by atoms with Gasteiger partial charge >= 0.3 is 0 Å². The van der Waals surface area contributed by atoms with Gasteiger partial charge < -0.3 is 16.0 Å². The monoisotopic (exact) mass is 357 g/mol. The van der Waals surface area contributed by atoms with Crippen LogP contribution in [0.5, 0.6) is 0 Å². The van der Waals surface area contributed by atoms with Crippen molar-refractivity contribution in [2.24, 2.45) is 0 Å². The van der Waals surface area contributed by atoms with Crippen molar-refractivity contribution in [3.63, 3.8) is 0 Å². The van der Waals surface area contributed by atoms with E-state index in [0.29, 0.717) is 10.0 Å². The Labute approximate surface area is 133 Å². The van der Waals surface area contributed by atoms with Gasteiger partial charge in [0, 0.05) is 17.1 Å². The van der Waals surface area contributed by atoms with E-state index in [0.717, 1.165) is 19.6 Å². The molecule has 4 nitrogen and oxygen atoms in total. The summed E-state index contributed by atoms with van der Waals surface area (Å²) in [5.74, 6) is -0.766. The highest BCUT2D eigenvalue weighted by molar-refractivity contribution is 9.10. The summed E-state index contributed by atoms with van der Waals surface area (Å²) >= 11 is 3.20. The minimum atomic E-state index is -0.528. The number of likely N-dealkylation sites (tertiary alicyclic amines) is 1. The standard InChI is InChI=1S/C15H21BrFN3O/c1-10(9-20-5-3-2-4-6-20)19-15(21)11-7-14(18)13(17)8-12(11)16/h7-8,10H,2-6,9,18H2,1H3,(H,19,21). The van der Waals surface area contributed by atoms with Crippen LogP contribution in [0.1, 0.15) is 36.5 Å². The number of halogens is 2. The molecule has 2 rings (SSSR count). The number of hydrogen-bond acceptors (Lipinski definition) is 3. The normalized spacial score (nSPS) is 17.5. The van der Waals surface area contributed by atoms with E-state index < -0.39 is 5.82 Å². The van der Waals surface area contributed by atoms with Crippen molar-refractivity contribution in [2.45, 2.75) is 32.2 Å². The molecule has 3 N–H and O–H groups in total. The largest absolute Gasteiger partial charge is 0.396 e. The molecule has 21 heavy (non-hydrogen) atoms. The number of anilines is 1. The molecule has 116 valence electrons. The Balaban J connectivity index is 1.95. The molecule has 1 saturated heterocycles. The Morgan fingerprint density at radius 2 is 2.10 bits per heavy atom. The van der Waals surface area contributed by atoms with Crippen molar-refractivity contribution in [1.29, 1.82) is 0 Å². The van der Waals surface area contributed by atoms with E-state index in [2.05, 4.69) is 26.1 Å². The van der Waals surface area contributed by atoms with Crippen LogP contribution < -0.4 is 11.1 Å². The first-order valence-corrected chi connectivity index (χ1v) is 8.04. The molecule has 1 aliphatic rings. The third-order valence-electron chi connectivity index (χ3n) is 3.69. The Kier molecular flexibility index (Phi) is 5.58. The Morgan fingerprint density at radius 1 is 1.43 bits per heavy atom. The fourth-order valence-corrected chi connectivity index (χ4v) is 3.11. The lowest BCUT2D eigenvalue weighted by atomic mass is 10.1. The molecule has 1 aliphatic heterocycles. The van der Waals surface area contributed by atoms with E-state index in [1.807, 2.05) is 6.92 Å². The second-order valence-corrected chi connectivity index (χ2v) is 6.44. The molecule has 0 aromatic heterocycles. The average Bonchev–Trinajstić information content (AvgIpc) is 2.43. The van der Waals surface area contributed by atoms with Gasteiger partial charge in [-0.05, 0) is 60.9 Å². The third kappa shape index (κ3) is 4.41. The summed E-state index contributed by atoms with van der Waals surface area (Å²) in [5.41, 5.74) is 5.86. The molecule has 0 saturated carbocycles. The van der Waals surface area contributed by atoms with E-state index in [9.17, 15) is 9.18 Å². The van der Waals surface area contributed by atoms with Crippen molar-refractivity contribution in [1.82, 2.24) is 10.2 Å². The van der Waals surface area contributed by atoms with Crippen LogP contribution >= 0.6 is 15.9 Å². The average molecular weight is 358 g/mol. The summed E-state index contributed by atoms with van der Waals surface area (Å²) in [6.07, 6.45) is 3.74. The predicted molar refractivity (Wildman–Crippen MR) is 85.7 cm³/mol. The first-order chi connectivity index (χ1) is 9.97. The van der Waals surface area contributed by atoms with Crippen molar-refractivity contribution in [3.05, 3.63) is 28.0 Å². The van der Waals surface area contributed by atoms with Crippen molar-refractivity contribution in [2.75, 3.05) is 25.4 Å². The minimum absolute atomic E-state index is 0.0213. The van der Waals surface area contributed by atoms with Crippen LogP contribution in [0.4, 0.5) is 10.1 Å². The third-order valence-corrected chi connectivity index (χ3v) is 4.35. The van der Waals surface area contributed by atoms with Crippen molar-refractivity contribution in [3.8, 4) is 0 Å². The number of nitrogens with two attached hydrogens (primary N) is 1. The molecule has 0 bridgehead atoms. The molecule has 1 aromatic carbocycles. The van der Waals surface area contributed by atoms with E-state index in [1.54, 1.807) is 0 Å². The highest BCUT2D eigenvalue weighted by Gasteiger charge is 2.18. The summed E-state index contributed by atoms with van der Waals surface area (Å²) in [5, 5.41) is 2.94. The summed E-state index contributed by atoms with van der Waals surface area (Å²) in [7, 11) is 0. The molecule has 1 atom stereocenters. The summed E-state index contributed by atoms with van der Waals surface area (Å²) in [4.78, 5) is 14.6. The highest BCUT2D eigenvalue weighted by atomic mass is 79.9. The number of amides is 1. The smallest absolute Gasteiger partial charge is 0.252 e. The zero-order valence-corrected chi connectivity index (χ0v) is 13.7. The summed E-state index contributed by atoms with van der Waals surface area (Å²) in [6.45, 7) is 4.99. The van der Waals surface area contributed by atoms with Crippen LogP contribution in [0.15, 0.2) is 16.6 Å². The van der Waals surface area contributed by atoms with Crippen LogP contribution in [0.25, 0.3) is 0 Å². The van der Waals surface area contributed by atoms with Crippen LogP contribution in [0.2, 0.25) is 0 Å². The zero-order chi connectivity index (χ0) is 15.4. The Bertz CT molecular complexity index is 518. The minimum Gasteiger partial charge on any atom is -0.396 e. The van der Waals surface area contributed by atoms with Crippen molar-refractivity contribution >= 4 is 27.5 Å². The number of rotatable bonds is 4. The SMILES string of the molecule is CC(CN1CCCCC1)NC(=O)c1cc(N)c(F)cc1Br. The fraction of sp³-hybridized carbons (Fsp3) is 0.533. The molecule has 6 heteroatoms. The van der Waals surface area contributed by atoms with Gasteiger partial charge in [0.05, 0.1) is 11.3 Å². The van der Waals surface area contributed by atoms with Gasteiger partial charge in [-0.15, -0.1) is 0 Å². The van der Waals surface area contributed by atoms with E-state index in [-0.39, 0.29) is 17.6 Å². The molecular formula is C15H21BrFN3O. The number of nitrogens with zero attached hydrogens (tertiary/aromatic N) is 1. The summed E-state index contributed by atoms with van der Waals surface area (Å²) in [6, 6.07) is 2.62. The van der Waals surface area contributed by atoms with E-state index in [4.69, 9.17) is 5.73 Å². The number of nitrogens with one attached hydrogen (secondary N) is 1. The number of benzene rings is 1. The van der Waals surface area contributed by atoms with Gasteiger partial charge in [-0.1, -0.05) is 6.42 Å². The van der Waals surface area contributed by atoms with Crippen LogP contribution in [-0.2, 0) is 0 Å². The lowest BCUT2D eigenvalue weighted by Gasteiger charge is -2.29. The Hall–Kier alpha value is -1.14. The van der Waals surface area contributed by atoms with Gasteiger partial charge in [0.15, 0.2) is 0 Å². The fourth-order valence-electron chi connectivity index (χ4n) is 2.62. The second-order valence-electron chi connectivity index (χ2n) is 5.59. The van der Waals surface area contributed by atoms with E-state index >= 15 is 0 Å². The highest BCUT2D eigenvalue weighted by Crippen LogP contribution is 2.22. The molecule has 1 amide bonds. The van der Waals surface area contributed by atoms with E-state index in [1.165, 1.54) is 31.4 Å². The molecule has 0 aliphatic carbocycles. The predicted octanol–water partition coefficient (Wildman–Crippen LogP) is 2.77. The van der Waals surface area contributed by atoms with Gasteiger partial charge in [0.1, 0.15) is 5.82 Å². The molecule has 0 spiro atoms. The topological polar surface area (TPSA) is 58.4 Å². The van der Waals surface area contributed by atoms with Gasteiger partial charge in [0.25, 0.3) is 5.91 Å². The maximum atomic E-state index is 13.3. The number of carbonyl (C=O) groups excluding carboxylic acids is 1. The first-order valence-electron chi connectivity index (χ1n) is 7.25. The number of piperidine rings is 1. The van der Waals surface area contributed by atoms with Crippen molar-refractivity contribution < 1.29 is 9.18 Å². The molecular weight excluding hydrogens is 337 g/mol. The molecule has 1 unspecified atom stereocenters. The van der Waals surface area contributed by atoms with Crippen LogP contribution in [0.3, 0.4) is 0 Å². The number of hydrogen-bond donors (Lipinski definition) is 2. The van der Waals surface area contributed by atoms with Crippen LogP contribution in [-0.4, -0.2) is 36.5 Å². The lowest BCUT2D eigenvalue weighted by Crippen LogP contribution is -2.43. The van der Waals surface area contributed by atoms with Gasteiger partial charge in [0.2, 0.25) is 0 Å². The molecule has 1 aromatic rings. The molecule has 1 fully saturated rings.